The molecule has 5 N–H and O–H groups in total. The summed E-state index contributed by atoms with van der Waals surface area (Å²) in [7, 11) is 0. The number of benzene rings is 1. The lowest BCUT2D eigenvalue weighted by atomic mass is 10.0. The van der Waals surface area contributed by atoms with Gasteiger partial charge in [0.1, 0.15) is 18.3 Å². The monoisotopic (exact) mass is 367 g/mol. The topological polar surface area (TPSA) is 110 Å². The highest BCUT2D eigenvalue weighted by atomic mass is 35.5. The standard InChI is InChI=1S/C17H21N3O4.ClH/c18-11(5-9-6-19-12-4-2-1-3-10(9)12)17(22)20-13-7-23-16-14(21)8-24-15(13)16;/h1-4,6,11,13-16,19,21H,5,7-8,18H2,(H,20,22);1H/t11-,13+,14-,15-,16-;/m1./s1. The fourth-order valence-electron chi connectivity index (χ4n) is 3.52. The van der Waals surface area contributed by atoms with Crippen LogP contribution in [0.1, 0.15) is 5.56 Å². The van der Waals surface area contributed by atoms with Gasteiger partial charge in [0.05, 0.1) is 25.3 Å². The van der Waals surface area contributed by atoms with E-state index in [1.807, 2.05) is 30.5 Å². The molecule has 2 aromatic rings. The van der Waals surface area contributed by atoms with Gasteiger partial charge in [-0.2, -0.15) is 0 Å². The Hall–Kier alpha value is -1.64. The number of aliphatic hydroxyl groups excluding tert-OH is 1. The lowest BCUT2D eigenvalue weighted by Crippen LogP contribution is -2.50. The van der Waals surface area contributed by atoms with Gasteiger partial charge in [0.25, 0.3) is 0 Å². The number of para-hydroxylation sites is 1. The van der Waals surface area contributed by atoms with Gasteiger partial charge in [0.15, 0.2) is 0 Å². The van der Waals surface area contributed by atoms with Crippen LogP contribution in [0.25, 0.3) is 10.9 Å². The third-order valence-corrected chi connectivity index (χ3v) is 4.81. The third kappa shape index (κ3) is 3.38. The van der Waals surface area contributed by atoms with Gasteiger partial charge in [-0.15, -0.1) is 12.4 Å². The number of hydrogen-bond acceptors (Lipinski definition) is 5. The zero-order valence-corrected chi connectivity index (χ0v) is 14.4. The summed E-state index contributed by atoms with van der Waals surface area (Å²) in [5.41, 5.74) is 8.13. The number of halogens is 1. The summed E-state index contributed by atoms with van der Waals surface area (Å²) >= 11 is 0. The number of aromatic amines is 1. The first-order chi connectivity index (χ1) is 11.6. The highest BCUT2D eigenvalue weighted by Crippen LogP contribution is 2.27. The number of aliphatic hydroxyl groups is 1. The van der Waals surface area contributed by atoms with Gasteiger partial charge >= 0.3 is 0 Å². The van der Waals surface area contributed by atoms with Crippen molar-refractivity contribution < 1.29 is 19.4 Å². The smallest absolute Gasteiger partial charge is 0.237 e. The zero-order chi connectivity index (χ0) is 16.7. The number of nitrogens with two attached hydrogens (primary N) is 1. The molecule has 0 saturated carbocycles. The average molecular weight is 368 g/mol. The molecule has 2 saturated heterocycles. The van der Waals surface area contributed by atoms with Crippen molar-refractivity contribution in [2.24, 2.45) is 5.73 Å². The van der Waals surface area contributed by atoms with Crippen LogP contribution in [0.4, 0.5) is 0 Å². The Morgan fingerprint density at radius 1 is 1.32 bits per heavy atom. The number of carbonyl (C=O) groups excluding carboxylic acids is 1. The van der Waals surface area contributed by atoms with Crippen molar-refractivity contribution in [1.82, 2.24) is 10.3 Å². The van der Waals surface area contributed by atoms with Crippen molar-refractivity contribution in [3.05, 3.63) is 36.0 Å². The van der Waals surface area contributed by atoms with Crippen LogP contribution < -0.4 is 11.1 Å². The molecule has 7 nitrogen and oxygen atoms in total. The predicted molar refractivity (Wildman–Crippen MR) is 94.6 cm³/mol. The van der Waals surface area contributed by atoms with E-state index in [9.17, 15) is 9.90 Å². The third-order valence-electron chi connectivity index (χ3n) is 4.81. The molecule has 1 amide bonds. The number of fused-ring (bicyclic) bond motifs is 2. The molecule has 2 fully saturated rings. The molecule has 25 heavy (non-hydrogen) atoms. The number of carbonyl (C=O) groups is 1. The molecule has 4 rings (SSSR count). The minimum absolute atomic E-state index is 0. The molecular weight excluding hydrogens is 346 g/mol. The molecule has 0 unspecified atom stereocenters. The van der Waals surface area contributed by atoms with Crippen molar-refractivity contribution in [2.45, 2.75) is 36.8 Å². The Bertz CT molecular complexity index is 752. The molecule has 0 spiro atoms. The van der Waals surface area contributed by atoms with Crippen LogP contribution >= 0.6 is 12.4 Å². The highest BCUT2D eigenvalue weighted by molar-refractivity contribution is 5.86. The minimum Gasteiger partial charge on any atom is -0.388 e. The number of amides is 1. The van der Waals surface area contributed by atoms with E-state index in [1.165, 1.54) is 0 Å². The summed E-state index contributed by atoms with van der Waals surface area (Å²) < 4.78 is 11.0. The van der Waals surface area contributed by atoms with Crippen LogP contribution in [0.5, 0.6) is 0 Å². The average Bonchev–Trinajstić information content (AvgIpc) is 3.26. The van der Waals surface area contributed by atoms with Gasteiger partial charge in [-0.1, -0.05) is 18.2 Å². The highest BCUT2D eigenvalue weighted by Gasteiger charge is 2.47. The van der Waals surface area contributed by atoms with Crippen LogP contribution in [0.3, 0.4) is 0 Å². The fraction of sp³-hybridized carbons (Fsp3) is 0.471. The summed E-state index contributed by atoms with van der Waals surface area (Å²) in [6.45, 7) is 0.570. The summed E-state index contributed by atoms with van der Waals surface area (Å²) in [5.74, 6) is -0.237. The Morgan fingerprint density at radius 2 is 2.08 bits per heavy atom. The number of hydrogen-bond donors (Lipinski definition) is 4. The Morgan fingerprint density at radius 3 is 2.92 bits per heavy atom. The van der Waals surface area contributed by atoms with Crippen molar-refractivity contribution in [3.63, 3.8) is 0 Å². The normalized spacial score (nSPS) is 29.2. The van der Waals surface area contributed by atoms with Gasteiger partial charge in [-0.25, -0.2) is 0 Å². The first-order valence-corrected chi connectivity index (χ1v) is 8.15. The van der Waals surface area contributed by atoms with Gasteiger partial charge in [-0.05, 0) is 18.1 Å². The van der Waals surface area contributed by atoms with Crippen LogP contribution in [-0.4, -0.2) is 59.6 Å². The van der Waals surface area contributed by atoms with E-state index in [1.54, 1.807) is 0 Å². The largest absolute Gasteiger partial charge is 0.388 e. The lowest BCUT2D eigenvalue weighted by molar-refractivity contribution is -0.123. The molecule has 1 aromatic heterocycles. The first kappa shape index (κ1) is 18.2. The first-order valence-electron chi connectivity index (χ1n) is 8.15. The second kappa shape index (κ2) is 7.31. The van der Waals surface area contributed by atoms with Crippen molar-refractivity contribution >= 4 is 29.2 Å². The van der Waals surface area contributed by atoms with E-state index >= 15 is 0 Å². The van der Waals surface area contributed by atoms with Crippen LogP contribution in [0, 0.1) is 0 Å². The Labute approximate surface area is 151 Å². The van der Waals surface area contributed by atoms with Crippen LogP contribution in [0.15, 0.2) is 30.5 Å². The van der Waals surface area contributed by atoms with E-state index < -0.39 is 12.1 Å². The van der Waals surface area contributed by atoms with Gasteiger partial charge in [0, 0.05) is 17.1 Å². The SMILES string of the molecule is Cl.N[C@H](Cc1c[nH]c2ccccc12)C(=O)N[C@H]1CO[C@H]2[C@@H]1OC[C@H]2O. The summed E-state index contributed by atoms with van der Waals surface area (Å²) in [4.78, 5) is 15.6. The molecule has 0 bridgehead atoms. The summed E-state index contributed by atoms with van der Waals surface area (Å²) in [5, 5.41) is 13.7. The van der Waals surface area contributed by atoms with Crippen molar-refractivity contribution in [1.29, 1.82) is 0 Å². The number of aromatic nitrogens is 1. The lowest BCUT2D eigenvalue weighted by Gasteiger charge is -2.20. The Kier molecular flexibility index (Phi) is 5.31. The molecule has 5 atom stereocenters. The molecule has 2 aliphatic heterocycles. The number of H-pyrrole nitrogens is 1. The maximum absolute atomic E-state index is 12.4. The number of nitrogens with one attached hydrogen (secondary N) is 2. The molecule has 8 heteroatoms. The predicted octanol–water partition coefficient (Wildman–Crippen LogP) is 0.103. The summed E-state index contributed by atoms with van der Waals surface area (Å²) in [6, 6.07) is 6.99. The Balaban J connectivity index is 0.00000182. The second-order valence-corrected chi connectivity index (χ2v) is 6.45. The van der Waals surface area contributed by atoms with E-state index in [4.69, 9.17) is 15.2 Å². The van der Waals surface area contributed by atoms with Gasteiger partial charge < -0.3 is 30.6 Å². The van der Waals surface area contributed by atoms with Crippen molar-refractivity contribution in [3.8, 4) is 0 Å². The second-order valence-electron chi connectivity index (χ2n) is 6.45. The summed E-state index contributed by atoms with van der Waals surface area (Å²) in [6.07, 6.45) is 1.05. The van der Waals surface area contributed by atoms with Gasteiger partial charge in [-0.3, -0.25) is 4.79 Å². The van der Waals surface area contributed by atoms with E-state index in [0.29, 0.717) is 13.0 Å². The quantitative estimate of drug-likeness (QED) is 0.613. The van der Waals surface area contributed by atoms with E-state index in [-0.39, 0.29) is 43.2 Å². The van der Waals surface area contributed by atoms with E-state index in [0.717, 1.165) is 16.5 Å². The fourth-order valence-corrected chi connectivity index (χ4v) is 3.52. The zero-order valence-electron chi connectivity index (χ0n) is 13.6. The number of rotatable bonds is 4. The molecule has 1 aromatic carbocycles. The molecular formula is C17H22ClN3O4. The van der Waals surface area contributed by atoms with Crippen LogP contribution in [0.2, 0.25) is 0 Å². The maximum atomic E-state index is 12.4. The molecule has 2 aliphatic rings. The minimum atomic E-state index is -0.658. The molecule has 3 heterocycles. The molecule has 0 radical (unpaired) electrons. The molecule has 136 valence electrons. The number of ether oxygens (including phenoxy) is 2. The maximum Gasteiger partial charge on any atom is 0.237 e. The molecule has 0 aliphatic carbocycles. The van der Waals surface area contributed by atoms with Crippen LogP contribution in [-0.2, 0) is 20.7 Å². The van der Waals surface area contributed by atoms with E-state index in [2.05, 4.69) is 10.3 Å². The van der Waals surface area contributed by atoms with Gasteiger partial charge in [0.2, 0.25) is 5.91 Å². The van der Waals surface area contributed by atoms with Crippen molar-refractivity contribution in [2.75, 3.05) is 13.2 Å².